The van der Waals surface area contributed by atoms with Crippen molar-refractivity contribution in [2.45, 2.75) is 78.1 Å². The lowest BCUT2D eigenvalue weighted by Gasteiger charge is -2.50. The second kappa shape index (κ2) is 5.40. The van der Waals surface area contributed by atoms with Gasteiger partial charge < -0.3 is 0 Å². The van der Waals surface area contributed by atoms with Crippen LogP contribution in [0, 0.1) is 22.7 Å². The Morgan fingerprint density at radius 2 is 1.67 bits per heavy atom. The van der Waals surface area contributed by atoms with E-state index in [4.69, 9.17) is 0 Å². The number of carbonyl (C=O) groups excluding carboxylic acids is 2. The van der Waals surface area contributed by atoms with Gasteiger partial charge >= 0.3 is 0 Å². The number of amides is 2. The van der Waals surface area contributed by atoms with Crippen LogP contribution in [0.5, 0.6) is 0 Å². The van der Waals surface area contributed by atoms with E-state index in [1.807, 2.05) is 0 Å². The van der Waals surface area contributed by atoms with E-state index in [-0.39, 0.29) is 23.1 Å². The maximum absolute atomic E-state index is 12.4. The molecule has 3 rings (SSSR count). The van der Waals surface area contributed by atoms with Gasteiger partial charge in [0.2, 0.25) is 11.8 Å². The minimum atomic E-state index is -0.0395. The summed E-state index contributed by atoms with van der Waals surface area (Å²) >= 11 is 0. The minimum absolute atomic E-state index is 0.00215. The zero-order valence-corrected chi connectivity index (χ0v) is 13.5. The second-order valence-electron chi connectivity index (χ2n) is 8.34. The van der Waals surface area contributed by atoms with Gasteiger partial charge in [0, 0.05) is 12.3 Å². The van der Waals surface area contributed by atoms with E-state index in [0.717, 1.165) is 19.3 Å². The van der Waals surface area contributed by atoms with E-state index in [9.17, 15) is 9.59 Å². The number of rotatable bonds is 2. The Labute approximate surface area is 128 Å². The molecule has 0 aromatic carbocycles. The molecule has 118 valence electrons. The summed E-state index contributed by atoms with van der Waals surface area (Å²) in [5.74, 6) is 0.520. The van der Waals surface area contributed by atoms with Gasteiger partial charge in [0.05, 0.1) is 0 Å². The first-order valence-corrected chi connectivity index (χ1v) is 8.79. The average Bonchev–Trinajstić information content (AvgIpc) is 2.86. The van der Waals surface area contributed by atoms with Crippen LogP contribution >= 0.6 is 0 Å². The van der Waals surface area contributed by atoms with Crippen molar-refractivity contribution in [3.63, 3.8) is 0 Å². The van der Waals surface area contributed by atoms with Crippen molar-refractivity contribution in [2.24, 2.45) is 22.7 Å². The maximum atomic E-state index is 12.4. The molecule has 2 amide bonds. The molecule has 0 aromatic rings. The lowest BCUT2D eigenvalue weighted by atomic mass is 9.55. The summed E-state index contributed by atoms with van der Waals surface area (Å²) in [7, 11) is 0. The first-order chi connectivity index (χ1) is 9.95. The fourth-order valence-corrected chi connectivity index (χ4v) is 5.25. The standard InChI is InChI=1S/C18H29NO2/c1-13(2)11-14-16(21)19-15(20)12-18(14)9-7-17(8-10-18)5-3-4-6-17/h13-14H,3-12H2,1-2H3,(H,19,20,21). The molecule has 2 aliphatic carbocycles. The molecule has 2 saturated carbocycles. The van der Waals surface area contributed by atoms with Crippen LogP contribution < -0.4 is 5.32 Å². The molecule has 21 heavy (non-hydrogen) atoms. The van der Waals surface area contributed by atoms with Crippen molar-refractivity contribution in [2.75, 3.05) is 0 Å². The summed E-state index contributed by atoms with van der Waals surface area (Å²) in [5.41, 5.74) is 0.530. The van der Waals surface area contributed by atoms with Gasteiger partial charge in [-0.1, -0.05) is 26.7 Å². The number of nitrogens with one attached hydrogen (secondary N) is 1. The van der Waals surface area contributed by atoms with E-state index >= 15 is 0 Å². The third-order valence-corrected chi connectivity index (χ3v) is 6.51. The molecule has 3 nitrogen and oxygen atoms in total. The molecule has 1 atom stereocenters. The lowest BCUT2D eigenvalue weighted by Crippen LogP contribution is -2.54. The van der Waals surface area contributed by atoms with Gasteiger partial charge in [-0.25, -0.2) is 0 Å². The van der Waals surface area contributed by atoms with E-state index in [1.54, 1.807) is 0 Å². The molecular formula is C18H29NO2. The summed E-state index contributed by atoms with van der Waals surface area (Å²) in [6.07, 6.45) is 11.6. The molecule has 1 aliphatic heterocycles. The Morgan fingerprint density at radius 1 is 1.05 bits per heavy atom. The van der Waals surface area contributed by atoms with Crippen LogP contribution in [0.3, 0.4) is 0 Å². The third-order valence-electron chi connectivity index (χ3n) is 6.51. The molecule has 3 heteroatoms. The number of piperidine rings is 1. The van der Waals surface area contributed by atoms with E-state index in [2.05, 4.69) is 19.2 Å². The molecule has 0 bridgehead atoms. The van der Waals surface area contributed by atoms with Crippen LogP contribution in [0.2, 0.25) is 0 Å². The number of imide groups is 1. The Balaban J connectivity index is 1.79. The van der Waals surface area contributed by atoms with Crippen LogP contribution in [0.15, 0.2) is 0 Å². The third kappa shape index (κ3) is 2.76. The monoisotopic (exact) mass is 291 g/mol. The maximum Gasteiger partial charge on any atom is 0.230 e. The minimum Gasteiger partial charge on any atom is -0.296 e. The molecule has 2 spiro atoms. The van der Waals surface area contributed by atoms with E-state index in [0.29, 0.717) is 17.8 Å². The first kappa shape index (κ1) is 15.1. The van der Waals surface area contributed by atoms with Crippen LogP contribution in [0.4, 0.5) is 0 Å². The van der Waals surface area contributed by atoms with Crippen LogP contribution in [-0.2, 0) is 9.59 Å². The summed E-state index contributed by atoms with van der Waals surface area (Å²) in [6, 6.07) is 0. The predicted octanol–water partition coefficient (Wildman–Crippen LogP) is 3.82. The fraction of sp³-hybridized carbons (Fsp3) is 0.889. The molecule has 1 saturated heterocycles. The Morgan fingerprint density at radius 3 is 2.24 bits per heavy atom. The molecule has 1 heterocycles. The normalized spacial score (nSPS) is 31.1. The molecule has 1 N–H and O–H groups in total. The number of hydrogen-bond acceptors (Lipinski definition) is 2. The fourth-order valence-electron chi connectivity index (χ4n) is 5.25. The van der Waals surface area contributed by atoms with Crippen molar-refractivity contribution in [3.8, 4) is 0 Å². The molecule has 0 radical (unpaired) electrons. The van der Waals surface area contributed by atoms with Gasteiger partial charge in [0.25, 0.3) is 0 Å². The number of hydrogen-bond donors (Lipinski definition) is 1. The summed E-state index contributed by atoms with van der Waals surface area (Å²) < 4.78 is 0. The molecule has 0 aromatic heterocycles. The summed E-state index contributed by atoms with van der Waals surface area (Å²) in [5, 5.41) is 2.59. The highest BCUT2D eigenvalue weighted by Gasteiger charge is 2.52. The molecule has 3 aliphatic rings. The zero-order valence-electron chi connectivity index (χ0n) is 13.5. The van der Waals surface area contributed by atoms with Crippen LogP contribution in [0.25, 0.3) is 0 Å². The van der Waals surface area contributed by atoms with Gasteiger partial charge in [-0.05, 0) is 61.7 Å². The quantitative estimate of drug-likeness (QED) is 0.786. The average molecular weight is 291 g/mol. The highest BCUT2D eigenvalue weighted by atomic mass is 16.2. The Hall–Kier alpha value is -0.860. The van der Waals surface area contributed by atoms with Gasteiger partial charge in [-0.15, -0.1) is 0 Å². The number of carbonyl (C=O) groups is 2. The van der Waals surface area contributed by atoms with Crippen molar-refractivity contribution in [3.05, 3.63) is 0 Å². The SMILES string of the molecule is CC(C)CC1C(=O)NC(=O)CC12CCC1(CCCC1)CC2. The van der Waals surface area contributed by atoms with Crippen molar-refractivity contribution in [1.29, 1.82) is 0 Å². The van der Waals surface area contributed by atoms with Crippen molar-refractivity contribution >= 4 is 11.8 Å². The molecule has 1 unspecified atom stereocenters. The lowest BCUT2D eigenvalue weighted by molar-refractivity contribution is -0.148. The van der Waals surface area contributed by atoms with Gasteiger partial charge in [0.15, 0.2) is 0 Å². The summed E-state index contributed by atoms with van der Waals surface area (Å²) in [4.78, 5) is 24.4. The van der Waals surface area contributed by atoms with Gasteiger partial charge in [-0.2, -0.15) is 0 Å². The molecular weight excluding hydrogens is 262 g/mol. The topological polar surface area (TPSA) is 46.2 Å². The van der Waals surface area contributed by atoms with Crippen LogP contribution in [0.1, 0.15) is 78.1 Å². The van der Waals surface area contributed by atoms with Crippen LogP contribution in [-0.4, -0.2) is 11.8 Å². The Kier molecular flexibility index (Phi) is 3.87. The van der Waals surface area contributed by atoms with E-state index < -0.39 is 0 Å². The van der Waals surface area contributed by atoms with Crippen molar-refractivity contribution in [1.82, 2.24) is 5.32 Å². The smallest absolute Gasteiger partial charge is 0.230 e. The largest absolute Gasteiger partial charge is 0.296 e. The highest BCUT2D eigenvalue weighted by Crippen LogP contribution is 2.58. The predicted molar refractivity (Wildman–Crippen MR) is 82.5 cm³/mol. The molecule has 3 fully saturated rings. The summed E-state index contributed by atoms with van der Waals surface area (Å²) in [6.45, 7) is 4.36. The zero-order chi connectivity index (χ0) is 15.1. The van der Waals surface area contributed by atoms with E-state index in [1.165, 1.54) is 38.5 Å². The first-order valence-electron chi connectivity index (χ1n) is 8.79. The van der Waals surface area contributed by atoms with Crippen molar-refractivity contribution < 1.29 is 9.59 Å². The van der Waals surface area contributed by atoms with Gasteiger partial charge in [-0.3, -0.25) is 14.9 Å². The van der Waals surface area contributed by atoms with Gasteiger partial charge in [0.1, 0.15) is 0 Å². The highest BCUT2D eigenvalue weighted by molar-refractivity contribution is 5.99. The second-order valence-corrected chi connectivity index (χ2v) is 8.34. The Bertz CT molecular complexity index is 424.